The molecule has 0 spiro atoms. The summed E-state index contributed by atoms with van der Waals surface area (Å²) < 4.78 is 5.58. The van der Waals surface area contributed by atoms with E-state index in [0.717, 1.165) is 17.1 Å². The van der Waals surface area contributed by atoms with E-state index in [1.54, 1.807) is 24.3 Å². The molecule has 1 heterocycles. The van der Waals surface area contributed by atoms with Crippen molar-refractivity contribution in [1.82, 2.24) is 0 Å². The highest BCUT2D eigenvalue weighted by atomic mass is 35.5. The van der Waals surface area contributed by atoms with Gasteiger partial charge in [0.1, 0.15) is 12.4 Å². The second-order valence-corrected chi connectivity index (χ2v) is 5.23. The van der Waals surface area contributed by atoms with Crippen LogP contribution in [0.5, 0.6) is 5.75 Å². The molecule has 21 heavy (non-hydrogen) atoms. The number of carbonyl (C=O) groups is 1. The number of rotatable bonds is 3. The molecule has 0 radical (unpaired) electrons. The molecule has 0 saturated carbocycles. The van der Waals surface area contributed by atoms with Gasteiger partial charge in [0, 0.05) is 10.7 Å². The Morgan fingerprint density at radius 2 is 1.95 bits per heavy atom. The van der Waals surface area contributed by atoms with Crippen LogP contribution in [-0.2, 0) is 4.79 Å². The molecule has 3 rings (SSSR count). The number of fused-ring (bicyclic) bond motifs is 1. The van der Waals surface area contributed by atoms with Crippen molar-refractivity contribution in [2.24, 2.45) is 0 Å². The van der Waals surface area contributed by atoms with E-state index in [4.69, 9.17) is 16.3 Å². The monoisotopic (exact) mass is 302 g/mol. The van der Waals surface area contributed by atoms with E-state index < -0.39 is 0 Å². The van der Waals surface area contributed by atoms with Crippen LogP contribution >= 0.6 is 11.6 Å². The number of benzene rings is 2. The van der Waals surface area contributed by atoms with Gasteiger partial charge in [-0.3, -0.25) is 4.79 Å². The van der Waals surface area contributed by atoms with E-state index >= 15 is 0 Å². The maximum Gasteiger partial charge on any atom is 0.243 e. The van der Waals surface area contributed by atoms with E-state index in [-0.39, 0.29) is 5.91 Å². The molecule has 0 fully saturated rings. The van der Waals surface area contributed by atoms with Gasteiger partial charge in [0.15, 0.2) is 0 Å². The summed E-state index contributed by atoms with van der Waals surface area (Å²) in [4.78, 5) is 14.2. The van der Waals surface area contributed by atoms with E-state index in [9.17, 15) is 4.79 Å². The Bertz CT molecular complexity index is 643. The highest BCUT2D eigenvalue weighted by Crippen LogP contribution is 2.30. The number of nitrogens with one attached hydrogen (secondary N) is 1. The van der Waals surface area contributed by atoms with Crippen molar-refractivity contribution in [3.63, 3.8) is 0 Å². The number of ether oxygens (including phenoxy) is 1. The normalized spacial score (nSPS) is 13.3. The Balaban J connectivity index is 1.67. The minimum atomic E-state index is -0.0611. The summed E-state index contributed by atoms with van der Waals surface area (Å²) >= 11 is 5.83. The predicted octanol–water partition coefficient (Wildman–Crippen LogP) is 3.18. The number of para-hydroxylation sites is 2. The molecule has 0 bridgehead atoms. The van der Waals surface area contributed by atoms with Crippen molar-refractivity contribution in [1.29, 1.82) is 0 Å². The predicted molar refractivity (Wildman–Crippen MR) is 84.2 cm³/mol. The molecule has 2 aromatic rings. The van der Waals surface area contributed by atoms with E-state index in [0.29, 0.717) is 24.7 Å². The van der Waals surface area contributed by atoms with Crippen LogP contribution < -0.4 is 15.0 Å². The number of amides is 1. The fourth-order valence-electron chi connectivity index (χ4n) is 2.30. The first kappa shape index (κ1) is 13.8. The Hall–Kier alpha value is -2.20. The highest BCUT2D eigenvalue weighted by molar-refractivity contribution is 6.30. The van der Waals surface area contributed by atoms with Gasteiger partial charge in [-0.1, -0.05) is 23.7 Å². The average Bonchev–Trinajstić information content (AvgIpc) is 2.50. The van der Waals surface area contributed by atoms with Crippen LogP contribution in [-0.4, -0.2) is 25.6 Å². The molecule has 1 N–H and O–H groups in total. The third kappa shape index (κ3) is 3.28. The lowest BCUT2D eigenvalue weighted by atomic mass is 10.2. The minimum absolute atomic E-state index is 0.0611. The summed E-state index contributed by atoms with van der Waals surface area (Å²) in [7, 11) is 0. The second kappa shape index (κ2) is 6.06. The van der Waals surface area contributed by atoms with Crippen molar-refractivity contribution in [2.75, 3.05) is 29.9 Å². The van der Waals surface area contributed by atoms with Crippen molar-refractivity contribution < 1.29 is 9.53 Å². The smallest absolute Gasteiger partial charge is 0.243 e. The number of nitrogens with zero attached hydrogens (tertiary/aromatic N) is 1. The minimum Gasteiger partial charge on any atom is -0.490 e. The Morgan fingerprint density at radius 3 is 2.76 bits per heavy atom. The SMILES string of the molecule is O=C(CN1CCOc2ccccc21)Nc1ccc(Cl)cc1. The quantitative estimate of drug-likeness (QED) is 0.947. The summed E-state index contributed by atoms with van der Waals surface area (Å²) in [6.45, 7) is 1.58. The molecule has 0 saturated heterocycles. The zero-order chi connectivity index (χ0) is 14.7. The number of halogens is 1. The molecule has 0 atom stereocenters. The lowest BCUT2D eigenvalue weighted by Crippen LogP contribution is -2.38. The lowest BCUT2D eigenvalue weighted by molar-refractivity contribution is -0.115. The summed E-state index contributed by atoms with van der Waals surface area (Å²) in [5.74, 6) is 0.761. The number of anilines is 2. The first-order chi connectivity index (χ1) is 10.2. The van der Waals surface area contributed by atoms with Crippen LogP contribution in [0.2, 0.25) is 5.02 Å². The zero-order valence-corrected chi connectivity index (χ0v) is 12.1. The Morgan fingerprint density at radius 1 is 1.19 bits per heavy atom. The summed E-state index contributed by atoms with van der Waals surface area (Å²) in [5.41, 5.74) is 1.70. The van der Waals surface area contributed by atoms with Gasteiger partial charge in [-0.05, 0) is 36.4 Å². The first-order valence-electron chi connectivity index (χ1n) is 6.74. The molecule has 2 aromatic carbocycles. The molecule has 108 valence electrons. The molecular formula is C16H15ClN2O2. The molecule has 0 aliphatic carbocycles. The van der Waals surface area contributed by atoms with Gasteiger partial charge in [0.2, 0.25) is 5.91 Å². The van der Waals surface area contributed by atoms with E-state index in [1.807, 2.05) is 29.2 Å². The third-order valence-electron chi connectivity index (χ3n) is 3.29. The van der Waals surface area contributed by atoms with Crippen LogP contribution in [0.25, 0.3) is 0 Å². The Labute approximate surface area is 128 Å². The summed E-state index contributed by atoms with van der Waals surface area (Å²) in [5, 5.41) is 3.52. The van der Waals surface area contributed by atoms with Gasteiger partial charge >= 0.3 is 0 Å². The van der Waals surface area contributed by atoms with Gasteiger partial charge in [0.25, 0.3) is 0 Å². The number of hydrogen-bond donors (Lipinski definition) is 1. The molecule has 0 aromatic heterocycles. The van der Waals surface area contributed by atoms with Crippen molar-refractivity contribution in [2.45, 2.75) is 0 Å². The Kier molecular flexibility index (Phi) is 3.97. The van der Waals surface area contributed by atoms with Crippen molar-refractivity contribution >= 4 is 28.9 Å². The first-order valence-corrected chi connectivity index (χ1v) is 7.12. The molecule has 1 aliphatic heterocycles. The number of carbonyl (C=O) groups excluding carboxylic acids is 1. The van der Waals surface area contributed by atoms with Gasteiger partial charge in [0.05, 0.1) is 18.8 Å². The van der Waals surface area contributed by atoms with Gasteiger partial charge in [-0.2, -0.15) is 0 Å². The molecule has 1 aliphatic rings. The van der Waals surface area contributed by atoms with Crippen LogP contribution in [0.15, 0.2) is 48.5 Å². The molecule has 1 amide bonds. The molecule has 0 unspecified atom stereocenters. The number of hydrogen-bond acceptors (Lipinski definition) is 3. The van der Waals surface area contributed by atoms with Crippen LogP contribution in [0, 0.1) is 0 Å². The van der Waals surface area contributed by atoms with Crippen LogP contribution in [0.1, 0.15) is 0 Å². The van der Waals surface area contributed by atoms with Crippen LogP contribution in [0.3, 0.4) is 0 Å². The largest absolute Gasteiger partial charge is 0.490 e. The lowest BCUT2D eigenvalue weighted by Gasteiger charge is -2.30. The molecule has 4 nitrogen and oxygen atoms in total. The standard InChI is InChI=1S/C16H15ClN2O2/c17-12-5-7-13(8-6-12)18-16(20)11-19-9-10-21-15-4-2-1-3-14(15)19/h1-8H,9-11H2,(H,18,20). The van der Waals surface area contributed by atoms with E-state index in [1.165, 1.54) is 0 Å². The van der Waals surface area contributed by atoms with Gasteiger partial charge in [-0.25, -0.2) is 0 Å². The van der Waals surface area contributed by atoms with Crippen molar-refractivity contribution in [3.05, 3.63) is 53.6 Å². The highest BCUT2D eigenvalue weighted by Gasteiger charge is 2.19. The van der Waals surface area contributed by atoms with Crippen molar-refractivity contribution in [3.8, 4) is 5.75 Å². The third-order valence-corrected chi connectivity index (χ3v) is 3.54. The molecule has 5 heteroatoms. The van der Waals surface area contributed by atoms with Gasteiger partial charge in [-0.15, -0.1) is 0 Å². The molecular weight excluding hydrogens is 288 g/mol. The fraction of sp³-hybridized carbons (Fsp3) is 0.188. The topological polar surface area (TPSA) is 41.6 Å². The summed E-state index contributed by atoms with van der Waals surface area (Å²) in [6, 6.07) is 14.8. The van der Waals surface area contributed by atoms with Crippen LogP contribution in [0.4, 0.5) is 11.4 Å². The maximum absolute atomic E-state index is 12.1. The fourth-order valence-corrected chi connectivity index (χ4v) is 2.42. The maximum atomic E-state index is 12.1. The average molecular weight is 303 g/mol. The summed E-state index contributed by atoms with van der Waals surface area (Å²) in [6.07, 6.45) is 0. The van der Waals surface area contributed by atoms with Gasteiger partial charge < -0.3 is 15.0 Å². The van der Waals surface area contributed by atoms with E-state index in [2.05, 4.69) is 5.32 Å². The second-order valence-electron chi connectivity index (χ2n) is 4.79. The zero-order valence-electron chi connectivity index (χ0n) is 11.4.